The summed E-state index contributed by atoms with van der Waals surface area (Å²) in [7, 11) is 1.23. The number of benzene rings is 2. The smallest absolute Gasteiger partial charge is 0.343 e. The first-order chi connectivity index (χ1) is 11.7. The maximum Gasteiger partial charge on any atom is 0.343 e. The Kier molecular flexibility index (Phi) is 5.92. The average molecular weight is 325 g/mol. The first-order valence-electron chi connectivity index (χ1n) is 7.07. The lowest BCUT2D eigenvalue weighted by molar-refractivity contribution is -0.142. The highest BCUT2D eigenvalue weighted by atomic mass is 16.6. The van der Waals surface area contributed by atoms with Gasteiger partial charge in [0, 0.05) is 0 Å². The molecule has 0 fully saturated rings. The molecule has 0 bridgehead atoms. The summed E-state index contributed by atoms with van der Waals surface area (Å²) < 4.78 is 15.4. The summed E-state index contributed by atoms with van der Waals surface area (Å²) in [6.45, 7) is -0.142. The number of methoxy groups -OCH3 is 1. The third kappa shape index (κ3) is 4.34. The summed E-state index contributed by atoms with van der Waals surface area (Å²) in [6.07, 6.45) is 0.564. The Bertz CT molecular complexity index is 765. The van der Waals surface area contributed by atoms with Crippen LogP contribution >= 0.6 is 0 Å². The second-order valence-corrected chi connectivity index (χ2v) is 4.75. The molecule has 0 saturated heterocycles. The molecule has 6 heteroatoms. The van der Waals surface area contributed by atoms with Gasteiger partial charge in [-0.1, -0.05) is 30.3 Å². The number of hydrogen-bond acceptors (Lipinski definition) is 6. The zero-order chi connectivity index (χ0) is 17.4. The van der Waals surface area contributed by atoms with Gasteiger partial charge in [0.25, 0.3) is 0 Å². The van der Waals surface area contributed by atoms with Crippen molar-refractivity contribution < 1.29 is 23.8 Å². The number of carbonyl (C=O) groups excluding carboxylic acids is 2. The van der Waals surface area contributed by atoms with E-state index in [2.05, 4.69) is 4.74 Å². The average Bonchev–Trinajstić information content (AvgIpc) is 2.64. The van der Waals surface area contributed by atoms with Crippen LogP contribution in [-0.2, 0) is 16.1 Å². The summed E-state index contributed by atoms with van der Waals surface area (Å²) >= 11 is 0. The van der Waals surface area contributed by atoms with Crippen LogP contribution in [0.2, 0.25) is 0 Å². The Morgan fingerprint density at radius 3 is 2.42 bits per heavy atom. The fourth-order valence-electron chi connectivity index (χ4n) is 1.95. The maximum absolute atomic E-state index is 11.4. The van der Waals surface area contributed by atoms with E-state index in [-0.39, 0.29) is 35.8 Å². The van der Waals surface area contributed by atoms with E-state index in [1.807, 2.05) is 36.4 Å². The monoisotopic (exact) mass is 325 g/mol. The molecule has 0 saturated carbocycles. The molecule has 2 rings (SSSR count). The number of hydrogen-bond donors (Lipinski definition) is 0. The van der Waals surface area contributed by atoms with Crippen LogP contribution in [0.3, 0.4) is 0 Å². The summed E-state index contributed by atoms with van der Waals surface area (Å²) in [6, 6.07) is 14.2. The molecule has 0 radical (unpaired) electrons. The summed E-state index contributed by atoms with van der Waals surface area (Å²) in [5.41, 5.74) is 1.30. The van der Waals surface area contributed by atoms with Crippen LogP contribution in [0.1, 0.15) is 21.5 Å². The molecule has 0 aromatic heterocycles. The number of carbonyl (C=O) groups is 2. The lowest BCUT2D eigenvalue weighted by Gasteiger charge is -2.13. The first-order valence-corrected chi connectivity index (χ1v) is 7.07. The molecule has 0 aliphatic rings. The number of ether oxygens (including phenoxy) is 3. The molecule has 122 valence electrons. The van der Waals surface area contributed by atoms with Crippen LogP contribution in [0, 0.1) is 11.3 Å². The van der Waals surface area contributed by atoms with Crippen LogP contribution in [0.5, 0.6) is 11.5 Å². The highest BCUT2D eigenvalue weighted by Crippen LogP contribution is 2.30. The third-order valence-electron chi connectivity index (χ3n) is 3.16. The highest BCUT2D eigenvalue weighted by Gasteiger charge is 2.15. The molecule has 0 heterocycles. The Morgan fingerprint density at radius 2 is 1.83 bits per heavy atom. The van der Waals surface area contributed by atoms with E-state index >= 15 is 0 Å². The molecule has 0 amide bonds. The van der Waals surface area contributed by atoms with Crippen molar-refractivity contribution in [3.63, 3.8) is 0 Å². The van der Waals surface area contributed by atoms with Crippen LogP contribution < -0.4 is 9.47 Å². The van der Waals surface area contributed by atoms with Crippen LogP contribution in [-0.4, -0.2) is 26.0 Å². The van der Waals surface area contributed by atoms with Gasteiger partial charge in [-0.05, 0) is 17.7 Å². The third-order valence-corrected chi connectivity index (χ3v) is 3.16. The van der Waals surface area contributed by atoms with E-state index < -0.39 is 5.97 Å². The minimum absolute atomic E-state index is 0.0949. The van der Waals surface area contributed by atoms with E-state index in [0.29, 0.717) is 6.29 Å². The SMILES string of the molecule is COC(=O)COc1cc(C#N)cc(OCc2ccccc2)c1C=O. The largest absolute Gasteiger partial charge is 0.488 e. The van der Waals surface area contributed by atoms with Crippen molar-refractivity contribution in [3.8, 4) is 17.6 Å². The van der Waals surface area contributed by atoms with E-state index in [1.54, 1.807) is 0 Å². The number of esters is 1. The molecular formula is C18H15NO5. The molecule has 0 N–H and O–H groups in total. The standard InChI is InChI=1S/C18H15NO5/c1-22-18(21)12-24-17-8-14(9-19)7-16(15(17)10-20)23-11-13-5-3-2-4-6-13/h2-8,10H,11-12H2,1H3. The minimum atomic E-state index is -0.596. The second-order valence-electron chi connectivity index (χ2n) is 4.75. The van der Waals surface area contributed by atoms with E-state index in [1.165, 1.54) is 19.2 Å². The van der Waals surface area contributed by atoms with Crippen LogP contribution in [0.4, 0.5) is 0 Å². The Morgan fingerprint density at radius 1 is 1.17 bits per heavy atom. The van der Waals surface area contributed by atoms with Gasteiger partial charge in [0.2, 0.25) is 0 Å². The molecule has 0 atom stereocenters. The Labute approximate surface area is 139 Å². The minimum Gasteiger partial charge on any atom is -0.488 e. The molecular weight excluding hydrogens is 310 g/mol. The Balaban J connectivity index is 2.26. The predicted octanol–water partition coefficient (Wildman–Crippen LogP) is 2.50. The lowest BCUT2D eigenvalue weighted by atomic mass is 10.1. The van der Waals surface area contributed by atoms with Crippen molar-refractivity contribution >= 4 is 12.3 Å². The highest BCUT2D eigenvalue weighted by molar-refractivity contribution is 5.84. The van der Waals surface area contributed by atoms with Crippen molar-refractivity contribution in [2.24, 2.45) is 0 Å². The van der Waals surface area contributed by atoms with Gasteiger partial charge in [0.05, 0.1) is 24.3 Å². The predicted molar refractivity (Wildman–Crippen MR) is 84.8 cm³/mol. The molecule has 0 spiro atoms. The lowest BCUT2D eigenvalue weighted by Crippen LogP contribution is -2.14. The van der Waals surface area contributed by atoms with Gasteiger partial charge in [-0.15, -0.1) is 0 Å². The fourth-order valence-corrected chi connectivity index (χ4v) is 1.95. The quantitative estimate of drug-likeness (QED) is 0.574. The number of aldehydes is 1. The molecule has 6 nitrogen and oxygen atoms in total. The van der Waals surface area contributed by atoms with Gasteiger partial charge >= 0.3 is 5.97 Å². The van der Waals surface area contributed by atoms with Gasteiger partial charge in [-0.2, -0.15) is 5.26 Å². The van der Waals surface area contributed by atoms with E-state index in [9.17, 15) is 9.59 Å². The van der Waals surface area contributed by atoms with Gasteiger partial charge < -0.3 is 14.2 Å². The van der Waals surface area contributed by atoms with E-state index in [0.717, 1.165) is 5.56 Å². The Hall–Kier alpha value is -3.33. The molecule has 0 unspecified atom stereocenters. The summed E-state index contributed by atoms with van der Waals surface area (Å²) in [5.74, 6) is -0.286. The van der Waals surface area contributed by atoms with Gasteiger partial charge in [-0.25, -0.2) is 4.79 Å². The maximum atomic E-state index is 11.4. The zero-order valence-electron chi connectivity index (χ0n) is 13.0. The second kappa shape index (κ2) is 8.34. The van der Waals surface area contributed by atoms with Crippen LogP contribution in [0.25, 0.3) is 0 Å². The number of nitrogens with zero attached hydrogens (tertiary/aromatic N) is 1. The molecule has 2 aromatic carbocycles. The van der Waals surface area contributed by atoms with Crippen molar-refractivity contribution in [1.29, 1.82) is 5.26 Å². The van der Waals surface area contributed by atoms with Crippen molar-refractivity contribution in [1.82, 2.24) is 0 Å². The first kappa shape index (κ1) is 17.0. The van der Waals surface area contributed by atoms with Gasteiger partial charge in [-0.3, -0.25) is 4.79 Å². The van der Waals surface area contributed by atoms with Crippen molar-refractivity contribution in [2.45, 2.75) is 6.61 Å². The summed E-state index contributed by atoms with van der Waals surface area (Å²) in [5, 5.41) is 9.12. The molecule has 2 aromatic rings. The molecule has 24 heavy (non-hydrogen) atoms. The van der Waals surface area contributed by atoms with Crippen molar-refractivity contribution in [2.75, 3.05) is 13.7 Å². The van der Waals surface area contributed by atoms with Gasteiger partial charge in [0.1, 0.15) is 18.1 Å². The van der Waals surface area contributed by atoms with Crippen LogP contribution in [0.15, 0.2) is 42.5 Å². The molecule has 0 aliphatic carbocycles. The van der Waals surface area contributed by atoms with Gasteiger partial charge in [0.15, 0.2) is 12.9 Å². The zero-order valence-corrected chi connectivity index (χ0v) is 13.0. The number of nitriles is 1. The van der Waals surface area contributed by atoms with Crippen molar-refractivity contribution in [3.05, 3.63) is 59.2 Å². The van der Waals surface area contributed by atoms with E-state index in [4.69, 9.17) is 14.7 Å². The normalized spacial score (nSPS) is 9.67. The number of rotatable bonds is 7. The molecule has 0 aliphatic heterocycles. The fraction of sp³-hybridized carbons (Fsp3) is 0.167. The summed E-state index contributed by atoms with van der Waals surface area (Å²) in [4.78, 5) is 22.6. The topological polar surface area (TPSA) is 85.6 Å².